The van der Waals surface area contributed by atoms with Crippen LogP contribution in [-0.2, 0) is 0 Å². The Kier molecular flexibility index (Phi) is 4.69. The fourth-order valence-electron chi connectivity index (χ4n) is 3.74. The average Bonchev–Trinajstić information content (AvgIpc) is 3.16. The zero-order chi connectivity index (χ0) is 16.2. The van der Waals surface area contributed by atoms with Crippen molar-refractivity contribution in [3.63, 3.8) is 0 Å². The molecule has 1 atom stereocenters. The van der Waals surface area contributed by atoms with Gasteiger partial charge in [-0.25, -0.2) is 9.97 Å². The predicted molar refractivity (Wildman–Crippen MR) is 96.0 cm³/mol. The number of hydrogen-bond acceptors (Lipinski definition) is 5. The van der Waals surface area contributed by atoms with Crippen molar-refractivity contribution in [2.45, 2.75) is 50.5 Å². The largest absolute Gasteiger partial charge is 0.367 e. The standard InChI is InChI=1S/C19H25N5/c1-2-8-16(7-1)22-18-11-17(14-5-3-9-20-12-14)23-19(24-18)15-6-4-10-21-13-15/h3,5,9,11-12,15-16,21H,1-2,4,6-8,10,13H2,(H,22,23,24). The van der Waals surface area contributed by atoms with E-state index in [2.05, 4.69) is 27.8 Å². The van der Waals surface area contributed by atoms with E-state index in [-0.39, 0.29) is 0 Å². The van der Waals surface area contributed by atoms with Crippen LogP contribution in [0.1, 0.15) is 50.3 Å². The highest BCUT2D eigenvalue weighted by Crippen LogP contribution is 2.27. The van der Waals surface area contributed by atoms with Crippen LogP contribution in [-0.4, -0.2) is 34.1 Å². The molecule has 0 aromatic carbocycles. The first-order chi connectivity index (χ1) is 11.9. The minimum atomic E-state index is 0.402. The molecule has 2 aromatic heterocycles. The summed E-state index contributed by atoms with van der Waals surface area (Å²) in [4.78, 5) is 14.0. The fraction of sp³-hybridized carbons (Fsp3) is 0.526. The topological polar surface area (TPSA) is 62.7 Å². The SMILES string of the molecule is c1cncc(-c2cc(NC3CCCC3)nc(C3CCCNC3)n2)c1. The van der Waals surface area contributed by atoms with Gasteiger partial charge in [0.25, 0.3) is 0 Å². The second-order valence-electron chi connectivity index (χ2n) is 6.91. The van der Waals surface area contributed by atoms with Gasteiger partial charge >= 0.3 is 0 Å². The molecule has 1 aliphatic carbocycles. The lowest BCUT2D eigenvalue weighted by Gasteiger charge is -2.23. The van der Waals surface area contributed by atoms with Gasteiger partial charge in [0.1, 0.15) is 11.6 Å². The molecule has 24 heavy (non-hydrogen) atoms. The lowest BCUT2D eigenvalue weighted by atomic mass is 9.98. The number of pyridine rings is 1. The quantitative estimate of drug-likeness (QED) is 0.903. The van der Waals surface area contributed by atoms with Gasteiger partial charge in [0.2, 0.25) is 0 Å². The molecule has 1 aliphatic heterocycles. The van der Waals surface area contributed by atoms with E-state index in [1.54, 1.807) is 6.20 Å². The molecule has 0 radical (unpaired) electrons. The van der Waals surface area contributed by atoms with Crippen LogP contribution in [0.3, 0.4) is 0 Å². The number of rotatable bonds is 4. The van der Waals surface area contributed by atoms with Crippen molar-refractivity contribution in [1.29, 1.82) is 0 Å². The molecule has 2 aliphatic rings. The normalized spacial score (nSPS) is 21.8. The van der Waals surface area contributed by atoms with Gasteiger partial charge in [-0.15, -0.1) is 0 Å². The maximum atomic E-state index is 4.87. The third-order valence-corrected chi connectivity index (χ3v) is 5.07. The van der Waals surface area contributed by atoms with Crippen LogP contribution in [0, 0.1) is 0 Å². The number of nitrogens with one attached hydrogen (secondary N) is 2. The second kappa shape index (κ2) is 7.26. The molecule has 5 nitrogen and oxygen atoms in total. The highest BCUT2D eigenvalue weighted by molar-refractivity contribution is 5.61. The molecule has 1 unspecified atom stereocenters. The van der Waals surface area contributed by atoms with E-state index < -0.39 is 0 Å². The monoisotopic (exact) mass is 323 g/mol. The number of nitrogens with zero attached hydrogens (tertiary/aromatic N) is 3. The van der Waals surface area contributed by atoms with Crippen molar-refractivity contribution < 1.29 is 0 Å². The summed E-state index contributed by atoms with van der Waals surface area (Å²) in [6, 6.07) is 6.66. The Balaban J connectivity index is 1.66. The van der Waals surface area contributed by atoms with Crippen molar-refractivity contribution in [3.8, 4) is 11.3 Å². The first-order valence-electron chi connectivity index (χ1n) is 9.15. The summed E-state index contributed by atoms with van der Waals surface area (Å²) < 4.78 is 0. The Labute approximate surface area is 143 Å². The summed E-state index contributed by atoms with van der Waals surface area (Å²) in [6.07, 6.45) is 11.1. The van der Waals surface area contributed by atoms with Crippen molar-refractivity contribution in [2.24, 2.45) is 0 Å². The molecule has 1 saturated heterocycles. The van der Waals surface area contributed by atoms with Gasteiger partial charge in [-0.05, 0) is 44.4 Å². The van der Waals surface area contributed by atoms with Crippen molar-refractivity contribution in [3.05, 3.63) is 36.4 Å². The van der Waals surface area contributed by atoms with Gasteiger partial charge in [-0.2, -0.15) is 0 Å². The lowest BCUT2D eigenvalue weighted by molar-refractivity contribution is 0.447. The summed E-state index contributed by atoms with van der Waals surface area (Å²) >= 11 is 0. The van der Waals surface area contributed by atoms with Crippen LogP contribution >= 0.6 is 0 Å². The maximum Gasteiger partial charge on any atom is 0.135 e. The van der Waals surface area contributed by atoms with Gasteiger partial charge in [0, 0.05) is 42.5 Å². The summed E-state index contributed by atoms with van der Waals surface area (Å²) in [5.41, 5.74) is 2.03. The van der Waals surface area contributed by atoms with Crippen molar-refractivity contribution in [2.75, 3.05) is 18.4 Å². The molecule has 4 rings (SSSR count). The van der Waals surface area contributed by atoms with E-state index in [1.807, 2.05) is 12.3 Å². The van der Waals surface area contributed by atoms with E-state index >= 15 is 0 Å². The molecule has 5 heteroatoms. The number of hydrogen-bond donors (Lipinski definition) is 2. The van der Waals surface area contributed by atoms with Crippen LogP contribution in [0.5, 0.6) is 0 Å². The van der Waals surface area contributed by atoms with Crippen LogP contribution in [0.4, 0.5) is 5.82 Å². The molecule has 0 bridgehead atoms. The number of piperidine rings is 1. The van der Waals surface area contributed by atoms with E-state index in [4.69, 9.17) is 9.97 Å². The summed E-state index contributed by atoms with van der Waals surface area (Å²) in [7, 11) is 0. The predicted octanol–water partition coefficient (Wildman–Crippen LogP) is 3.36. The van der Waals surface area contributed by atoms with Crippen molar-refractivity contribution >= 4 is 5.82 Å². The Morgan fingerprint density at radius 1 is 1.08 bits per heavy atom. The zero-order valence-electron chi connectivity index (χ0n) is 14.0. The summed E-state index contributed by atoms with van der Waals surface area (Å²) in [5.74, 6) is 2.33. The second-order valence-corrected chi connectivity index (χ2v) is 6.91. The number of aromatic nitrogens is 3. The van der Waals surface area contributed by atoms with E-state index in [1.165, 1.54) is 32.1 Å². The Bertz CT molecular complexity index is 661. The Morgan fingerprint density at radius 2 is 2.00 bits per heavy atom. The fourth-order valence-corrected chi connectivity index (χ4v) is 3.74. The first kappa shape index (κ1) is 15.5. The number of anilines is 1. The molecular weight excluding hydrogens is 298 g/mol. The van der Waals surface area contributed by atoms with E-state index in [9.17, 15) is 0 Å². The highest BCUT2D eigenvalue weighted by Gasteiger charge is 2.21. The van der Waals surface area contributed by atoms with Crippen LogP contribution in [0.2, 0.25) is 0 Å². The van der Waals surface area contributed by atoms with Crippen molar-refractivity contribution in [1.82, 2.24) is 20.3 Å². The lowest BCUT2D eigenvalue weighted by Crippen LogP contribution is -2.29. The van der Waals surface area contributed by atoms with Gasteiger partial charge in [-0.1, -0.05) is 12.8 Å². The zero-order valence-corrected chi connectivity index (χ0v) is 14.0. The molecule has 2 fully saturated rings. The molecule has 0 spiro atoms. The van der Waals surface area contributed by atoms with E-state index in [0.29, 0.717) is 12.0 Å². The minimum Gasteiger partial charge on any atom is -0.367 e. The molecule has 0 amide bonds. The smallest absolute Gasteiger partial charge is 0.135 e. The molecule has 2 N–H and O–H groups in total. The maximum absolute atomic E-state index is 4.87. The highest BCUT2D eigenvalue weighted by atomic mass is 15.1. The molecular formula is C19H25N5. The van der Waals surface area contributed by atoms with Crippen LogP contribution < -0.4 is 10.6 Å². The third-order valence-electron chi connectivity index (χ3n) is 5.07. The van der Waals surface area contributed by atoms with Gasteiger partial charge < -0.3 is 10.6 Å². The molecule has 126 valence electrons. The van der Waals surface area contributed by atoms with Crippen LogP contribution in [0.15, 0.2) is 30.6 Å². The first-order valence-corrected chi connectivity index (χ1v) is 9.15. The molecule has 2 aromatic rings. The Hall–Kier alpha value is -2.01. The van der Waals surface area contributed by atoms with Gasteiger partial charge in [0.05, 0.1) is 5.69 Å². The summed E-state index contributed by atoms with van der Waals surface area (Å²) in [6.45, 7) is 2.07. The van der Waals surface area contributed by atoms with Gasteiger partial charge in [0.15, 0.2) is 0 Å². The van der Waals surface area contributed by atoms with E-state index in [0.717, 1.165) is 42.4 Å². The van der Waals surface area contributed by atoms with Gasteiger partial charge in [-0.3, -0.25) is 4.98 Å². The summed E-state index contributed by atoms with van der Waals surface area (Å²) in [5, 5.41) is 7.11. The third kappa shape index (κ3) is 3.56. The Morgan fingerprint density at radius 3 is 2.75 bits per heavy atom. The minimum absolute atomic E-state index is 0.402. The average molecular weight is 323 g/mol. The molecule has 1 saturated carbocycles. The molecule has 3 heterocycles. The van der Waals surface area contributed by atoms with Crippen LogP contribution in [0.25, 0.3) is 11.3 Å².